The van der Waals surface area contributed by atoms with Gasteiger partial charge in [-0.3, -0.25) is 10.1 Å². The van der Waals surface area contributed by atoms with E-state index in [1.807, 2.05) is 24.3 Å². The number of rotatable bonds is 8. The van der Waals surface area contributed by atoms with Crippen LogP contribution in [0.15, 0.2) is 24.3 Å². The van der Waals surface area contributed by atoms with E-state index in [9.17, 15) is 10.1 Å². The molecule has 0 atom stereocenters. The van der Waals surface area contributed by atoms with Crippen LogP contribution in [0.2, 0.25) is 0 Å². The smallest absolute Gasteiger partial charge is 0.332 e. The van der Waals surface area contributed by atoms with Crippen LogP contribution in [-0.2, 0) is 13.0 Å². The highest BCUT2D eigenvalue weighted by atomic mass is 16.6. The van der Waals surface area contributed by atoms with Crippen molar-refractivity contribution in [3.63, 3.8) is 0 Å². The monoisotopic (exact) mass is 400 g/mol. The standard InChI is InChI=1S/C20H28N6O3/c1-29-16-4-2-3-15(9-16)12-23-20-24-17(18(26(27)28)19(22)25-20)10-13-5-7-14(11-21)8-6-13/h2-4,9,13-14H,5-8,10-12,21H2,1H3,(H3,22,23,24,25). The van der Waals surface area contributed by atoms with Crippen LogP contribution in [0.25, 0.3) is 0 Å². The van der Waals surface area contributed by atoms with E-state index in [0.717, 1.165) is 37.0 Å². The first-order valence-corrected chi connectivity index (χ1v) is 9.87. The topological polar surface area (TPSA) is 142 Å². The Kier molecular flexibility index (Phi) is 6.82. The number of nitrogens with two attached hydrogens (primary N) is 2. The van der Waals surface area contributed by atoms with Gasteiger partial charge in [0.2, 0.25) is 11.8 Å². The Morgan fingerprint density at radius 1 is 1.24 bits per heavy atom. The van der Waals surface area contributed by atoms with E-state index in [4.69, 9.17) is 16.2 Å². The van der Waals surface area contributed by atoms with Gasteiger partial charge >= 0.3 is 5.69 Å². The predicted molar refractivity (Wildman–Crippen MR) is 112 cm³/mol. The summed E-state index contributed by atoms with van der Waals surface area (Å²) in [6.45, 7) is 1.15. The fraction of sp³-hybridized carbons (Fsp3) is 0.500. The number of ether oxygens (including phenoxy) is 1. The summed E-state index contributed by atoms with van der Waals surface area (Å²) >= 11 is 0. The summed E-state index contributed by atoms with van der Waals surface area (Å²) in [4.78, 5) is 19.6. The average molecular weight is 400 g/mol. The molecular weight excluding hydrogens is 372 g/mol. The van der Waals surface area contributed by atoms with Crippen LogP contribution in [0, 0.1) is 22.0 Å². The second-order valence-corrected chi connectivity index (χ2v) is 7.52. The highest BCUT2D eigenvalue weighted by molar-refractivity contribution is 5.58. The van der Waals surface area contributed by atoms with E-state index in [-0.39, 0.29) is 11.5 Å². The third-order valence-electron chi connectivity index (χ3n) is 5.53. The lowest BCUT2D eigenvalue weighted by molar-refractivity contribution is -0.385. The quantitative estimate of drug-likeness (QED) is 0.453. The Bertz CT molecular complexity index is 852. The number of anilines is 2. The maximum Gasteiger partial charge on any atom is 0.332 e. The molecule has 0 saturated heterocycles. The Morgan fingerprint density at radius 2 is 1.97 bits per heavy atom. The van der Waals surface area contributed by atoms with Gasteiger partial charge in [0.1, 0.15) is 11.4 Å². The van der Waals surface area contributed by atoms with Crippen molar-refractivity contribution in [1.29, 1.82) is 0 Å². The minimum absolute atomic E-state index is 0.108. The second-order valence-electron chi connectivity index (χ2n) is 7.52. The Hall–Kier alpha value is -2.94. The molecule has 0 spiro atoms. The molecule has 0 radical (unpaired) electrons. The molecule has 9 nitrogen and oxygen atoms in total. The summed E-state index contributed by atoms with van der Waals surface area (Å²) in [6.07, 6.45) is 4.62. The maximum atomic E-state index is 11.5. The van der Waals surface area contributed by atoms with Gasteiger partial charge in [0.05, 0.1) is 12.0 Å². The van der Waals surface area contributed by atoms with Gasteiger partial charge in [-0.05, 0) is 68.2 Å². The number of nitro groups is 1. The molecule has 29 heavy (non-hydrogen) atoms. The molecule has 9 heteroatoms. The normalized spacial score (nSPS) is 19.0. The molecular formula is C20H28N6O3. The fourth-order valence-corrected chi connectivity index (χ4v) is 3.85. The van der Waals surface area contributed by atoms with Gasteiger partial charge in [-0.1, -0.05) is 12.1 Å². The van der Waals surface area contributed by atoms with Crippen LogP contribution >= 0.6 is 0 Å². The number of nitrogen functional groups attached to an aromatic ring is 1. The molecule has 3 rings (SSSR count). The van der Waals surface area contributed by atoms with Crippen molar-refractivity contribution in [1.82, 2.24) is 9.97 Å². The SMILES string of the molecule is COc1cccc(CNc2nc(N)c([N+](=O)[O-])c(CC3CCC(CN)CC3)n2)c1. The Labute approximate surface area is 170 Å². The van der Waals surface area contributed by atoms with Crippen molar-refractivity contribution in [3.05, 3.63) is 45.6 Å². The summed E-state index contributed by atoms with van der Waals surface area (Å²) in [5.41, 5.74) is 12.9. The summed E-state index contributed by atoms with van der Waals surface area (Å²) in [6, 6.07) is 7.60. The molecule has 1 aromatic carbocycles. The van der Waals surface area contributed by atoms with Gasteiger partial charge in [-0.25, -0.2) is 4.98 Å². The van der Waals surface area contributed by atoms with E-state index >= 15 is 0 Å². The highest BCUT2D eigenvalue weighted by Gasteiger charge is 2.27. The first-order valence-electron chi connectivity index (χ1n) is 9.87. The van der Waals surface area contributed by atoms with Gasteiger partial charge < -0.3 is 21.5 Å². The van der Waals surface area contributed by atoms with Crippen LogP contribution in [0.3, 0.4) is 0 Å². The molecule has 1 aliphatic rings. The van der Waals surface area contributed by atoms with Crippen molar-refractivity contribution in [3.8, 4) is 5.75 Å². The van der Waals surface area contributed by atoms with E-state index < -0.39 is 4.92 Å². The minimum atomic E-state index is -0.484. The number of nitrogens with zero attached hydrogens (tertiary/aromatic N) is 3. The summed E-state index contributed by atoms with van der Waals surface area (Å²) in [7, 11) is 1.61. The number of hydrogen-bond acceptors (Lipinski definition) is 8. The molecule has 2 aromatic rings. The zero-order valence-electron chi connectivity index (χ0n) is 16.6. The summed E-state index contributed by atoms with van der Waals surface area (Å²) < 4.78 is 5.23. The number of methoxy groups -OCH3 is 1. The average Bonchev–Trinajstić information content (AvgIpc) is 2.72. The summed E-state index contributed by atoms with van der Waals surface area (Å²) in [5, 5.41) is 14.7. The molecule has 1 heterocycles. The van der Waals surface area contributed by atoms with E-state index in [1.165, 1.54) is 0 Å². The van der Waals surface area contributed by atoms with Crippen LogP contribution in [-0.4, -0.2) is 28.5 Å². The molecule has 1 saturated carbocycles. The number of hydrogen-bond donors (Lipinski definition) is 3. The van der Waals surface area contributed by atoms with E-state index in [1.54, 1.807) is 7.11 Å². The van der Waals surface area contributed by atoms with Crippen LogP contribution in [0.5, 0.6) is 5.75 Å². The third-order valence-corrected chi connectivity index (χ3v) is 5.53. The lowest BCUT2D eigenvalue weighted by Gasteiger charge is -2.27. The predicted octanol–water partition coefficient (Wildman–Crippen LogP) is 2.90. The van der Waals surface area contributed by atoms with E-state index in [0.29, 0.717) is 43.0 Å². The number of nitrogens with one attached hydrogen (secondary N) is 1. The van der Waals surface area contributed by atoms with Gasteiger partial charge in [0, 0.05) is 6.54 Å². The maximum absolute atomic E-state index is 11.5. The van der Waals surface area contributed by atoms with Gasteiger partial charge in [-0.15, -0.1) is 0 Å². The van der Waals surface area contributed by atoms with Gasteiger partial charge in [0.25, 0.3) is 0 Å². The molecule has 1 aromatic heterocycles. The summed E-state index contributed by atoms with van der Waals surface area (Å²) in [5.74, 6) is 1.83. The van der Waals surface area contributed by atoms with Crippen LogP contribution < -0.4 is 21.5 Å². The minimum Gasteiger partial charge on any atom is -0.497 e. The van der Waals surface area contributed by atoms with Crippen molar-refractivity contribution >= 4 is 17.5 Å². The molecule has 0 bridgehead atoms. The molecule has 0 aliphatic heterocycles. The van der Waals surface area contributed by atoms with Crippen molar-refractivity contribution in [2.24, 2.45) is 17.6 Å². The first kappa shape index (κ1) is 20.8. The zero-order valence-corrected chi connectivity index (χ0v) is 16.6. The molecule has 0 unspecified atom stereocenters. The van der Waals surface area contributed by atoms with E-state index in [2.05, 4.69) is 15.3 Å². The fourth-order valence-electron chi connectivity index (χ4n) is 3.85. The lowest BCUT2D eigenvalue weighted by atomic mass is 9.80. The molecule has 5 N–H and O–H groups in total. The molecule has 1 fully saturated rings. The van der Waals surface area contributed by atoms with Gasteiger partial charge in [-0.2, -0.15) is 4.98 Å². The first-order chi connectivity index (χ1) is 14.0. The van der Waals surface area contributed by atoms with Crippen molar-refractivity contribution in [2.75, 3.05) is 24.7 Å². The Balaban J connectivity index is 1.75. The third kappa shape index (κ3) is 5.32. The molecule has 1 aliphatic carbocycles. The second kappa shape index (κ2) is 9.51. The largest absolute Gasteiger partial charge is 0.497 e. The van der Waals surface area contributed by atoms with Crippen molar-refractivity contribution < 1.29 is 9.66 Å². The molecule has 0 amide bonds. The highest BCUT2D eigenvalue weighted by Crippen LogP contribution is 2.34. The van der Waals surface area contributed by atoms with Crippen LogP contribution in [0.4, 0.5) is 17.5 Å². The number of aromatic nitrogens is 2. The van der Waals surface area contributed by atoms with Crippen LogP contribution in [0.1, 0.15) is 36.9 Å². The van der Waals surface area contributed by atoms with Crippen molar-refractivity contribution in [2.45, 2.75) is 38.6 Å². The lowest BCUT2D eigenvalue weighted by Crippen LogP contribution is -2.23. The Morgan fingerprint density at radius 3 is 2.62 bits per heavy atom. The molecule has 156 valence electrons. The zero-order chi connectivity index (χ0) is 20.8. The van der Waals surface area contributed by atoms with Gasteiger partial charge in [0.15, 0.2) is 0 Å². The number of benzene rings is 1.